The van der Waals surface area contributed by atoms with Crippen LogP contribution in [0.4, 0.5) is 0 Å². The molecule has 0 N–H and O–H groups in total. The van der Waals surface area contributed by atoms with E-state index in [1.807, 2.05) is 0 Å². The number of esters is 6. The smallest absolute Gasteiger partial charge is 0.310 e. The summed E-state index contributed by atoms with van der Waals surface area (Å²) in [5, 5.41) is 0. The molecule has 6 rings (SSSR count). The number of carbonyl (C=O) groups is 6. The fourth-order valence-electron chi connectivity index (χ4n) is 8.00. The molecule has 6 fully saturated rings. The van der Waals surface area contributed by atoms with Gasteiger partial charge in [0.1, 0.15) is 24.4 Å². The van der Waals surface area contributed by atoms with Crippen LogP contribution in [-0.2, 0) is 57.2 Å². The number of hydrogen-bond acceptors (Lipinski definition) is 14. The number of hydrogen-bond donors (Lipinski definition) is 0. The van der Waals surface area contributed by atoms with E-state index in [0.29, 0.717) is 24.3 Å². The maximum absolute atomic E-state index is 12.5. The lowest BCUT2D eigenvalue weighted by Gasteiger charge is -2.29. The maximum atomic E-state index is 12.5. The van der Waals surface area contributed by atoms with E-state index in [0.717, 1.165) is 0 Å². The van der Waals surface area contributed by atoms with Gasteiger partial charge in [-0.1, -0.05) is 21.6 Å². The topological polar surface area (TPSA) is 158 Å². The minimum absolute atomic E-state index is 0.122. The van der Waals surface area contributed by atoms with Crippen LogP contribution in [-0.4, -0.2) is 86.0 Å². The van der Waals surface area contributed by atoms with Crippen molar-refractivity contribution in [2.75, 3.05) is 25.7 Å². The third-order valence-electron chi connectivity index (χ3n) is 9.44. The summed E-state index contributed by atoms with van der Waals surface area (Å²) in [6.45, 7) is 0. The lowest BCUT2D eigenvalue weighted by atomic mass is 9.78. The molecule has 2 aliphatic heterocycles. The zero-order valence-corrected chi connectivity index (χ0v) is 23.5. The molecule has 0 aromatic rings. The lowest BCUT2D eigenvalue weighted by Crippen LogP contribution is -2.43. The SMILES string of the molecule is COC(=O)C1C2CC3C(OC(=O)C31)C2OC(=O)CCSSCCC(=O)OC1C2CC3C1OC(=O)C3C2C(=O)OC. The van der Waals surface area contributed by atoms with Crippen LogP contribution in [0.1, 0.15) is 25.7 Å². The van der Waals surface area contributed by atoms with Crippen LogP contribution in [0.2, 0.25) is 0 Å². The Bertz CT molecular complexity index is 1040. The Balaban J connectivity index is 0.905. The molecule has 0 amide bonds. The monoisotopic (exact) mass is 598 g/mol. The Morgan fingerprint density at radius 2 is 1.10 bits per heavy atom. The first kappa shape index (κ1) is 27.7. The Kier molecular flexibility index (Phi) is 7.43. The first-order valence-corrected chi connectivity index (χ1v) is 15.9. The van der Waals surface area contributed by atoms with E-state index >= 15 is 0 Å². The van der Waals surface area contributed by atoms with E-state index in [9.17, 15) is 28.8 Å². The summed E-state index contributed by atoms with van der Waals surface area (Å²) in [6.07, 6.45) is -0.862. The molecule has 0 aromatic heterocycles. The van der Waals surface area contributed by atoms with Crippen LogP contribution >= 0.6 is 21.6 Å². The number of ether oxygens (including phenoxy) is 6. The maximum Gasteiger partial charge on any atom is 0.310 e. The zero-order chi connectivity index (χ0) is 28.3. The summed E-state index contributed by atoms with van der Waals surface area (Å²) in [5.41, 5.74) is 0. The summed E-state index contributed by atoms with van der Waals surface area (Å²) in [4.78, 5) is 74.1. The van der Waals surface area contributed by atoms with Gasteiger partial charge in [-0.3, -0.25) is 28.8 Å². The van der Waals surface area contributed by atoms with Crippen molar-refractivity contribution in [1.29, 1.82) is 0 Å². The van der Waals surface area contributed by atoms with E-state index < -0.39 is 83.9 Å². The van der Waals surface area contributed by atoms with Gasteiger partial charge >= 0.3 is 35.8 Å². The van der Waals surface area contributed by atoms with Gasteiger partial charge < -0.3 is 28.4 Å². The molecule has 14 heteroatoms. The predicted molar refractivity (Wildman–Crippen MR) is 135 cm³/mol. The highest BCUT2D eigenvalue weighted by Crippen LogP contribution is 2.60. The molecular weight excluding hydrogens is 568 g/mol. The third kappa shape index (κ3) is 4.36. The van der Waals surface area contributed by atoms with Crippen LogP contribution in [0.5, 0.6) is 0 Å². The Morgan fingerprint density at radius 3 is 1.48 bits per heavy atom. The molecule has 4 bridgehead atoms. The van der Waals surface area contributed by atoms with Crippen molar-refractivity contribution in [3.8, 4) is 0 Å². The third-order valence-corrected chi connectivity index (χ3v) is 11.8. The molecule has 12 atom stereocenters. The second-order valence-electron chi connectivity index (χ2n) is 11.1. The molecule has 12 nitrogen and oxygen atoms in total. The normalized spacial score (nSPS) is 41.0. The first-order valence-electron chi connectivity index (χ1n) is 13.4. The number of fused-ring (bicyclic) bond motifs is 2. The largest absolute Gasteiger partial charge is 0.469 e. The van der Waals surface area contributed by atoms with E-state index in [1.54, 1.807) is 0 Å². The van der Waals surface area contributed by atoms with Gasteiger partial charge in [0.15, 0.2) is 0 Å². The van der Waals surface area contributed by atoms with Crippen molar-refractivity contribution in [3.05, 3.63) is 0 Å². The van der Waals surface area contributed by atoms with Crippen LogP contribution in [0, 0.1) is 47.3 Å². The van der Waals surface area contributed by atoms with Gasteiger partial charge in [-0.05, 0) is 12.8 Å². The van der Waals surface area contributed by atoms with Crippen LogP contribution in [0.3, 0.4) is 0 Å². The van der Waals surface area contributed by atoms with Crippen molar-refractivity contribution in [2.45, 2.75) is 50.1 Å². The molecule has 4 saturated carbocycles. The summed E-state index contributed by atoms with van der Waals surface area (Å²) < 4.78 is 32.0. The van der Waals surface area contributed by atoms with Gasteiger partial charge in [-0.15, -0.1) is 0 Å². The fourth-order valence-corrected chi connectivity index (χ4v) is 9.94. The highest BCUT2D eigenvalue weighted by atomic mass is 33.1. The average Bonchev–Trinajstić information content (AvgIpc) is 3.74. The van der Waals surface area contributed by atoms with E-state index in [1.165, 1.54) is 35.8 Å². The number of carbonyl (C=O) groups excluding carboxylic acids is 6. The van der Waals surface area contributed by atoms with E-state index in [4.69, 9.17) is 28.4 Å². The molecular formula is C26H30O12S2. The van der Waals surface area contributed by atoms with Gasteiger partial charge in [-0.2, -0.15) is 0 Å². The number of rotatable bonds is 11. The molecule has 0 spiro atoms. The highest BCUT2D eigenvalue weighted by Gasteiger charge is 2.71. The summed E-state index contributed by atoms with van der Waals surface area (Å²) in [6, 6.07) is 0. The molecule has 2 saturated heterocycles. The quantitative estimate of drug-likeness (QED) is 0.143. The molecule has 4 aliphatic carbocycles. The number of methoxy groups -OCH3 is 2. The second kappa shape index (κ2) is 10.7. The fraction of sp³-hybridized carbons (Fsp3) is 0.769. The molecule has 40 heavy (non-hydrogen) atoms. The van der Waals surface area contributed by atoms with Crippen molar-refractivity contribution >= 4 is 57.4 Å². The van der Waals surface area contributed by atoms with Crippen LogP contribution in [0.25, 0.3) is 0 Å². The molecule has 0 radical (unpaired) electrons. The molecule has 0 aromatic carbocycles. The lowest BCUT2D eigenvalue weighted by molar-refractivity contribution is -0.164. The summed E-state index contributed by atoms with van der Waals surface area (Å²) in [7, 11) is 5.38. The first-order chi connectivity index (χ1) is 19.2. The zero-order valence-electron chi connectivity index (χ0n) is 21.9. The molecule has 2 heterocycles. The van der Waals surface area contributed by atoms with E-state index in [-0.39, 0.29) is 36.5 Å². The minimum atomic E-state index is -0.643. The second-order valence-corrected chi connectivity index (χ2v) is 13.8. The Morgan fingerprint density at radius 1 is 0.700 bits per heavy atom. The standard InChI is InChI=1S/C26H30O12S2/c1-33-23(29)15-9-7-11-17(15)25(31)37-21(11)19(9)35-13(27)3-5-39-40-6-4-14(28)36-20-10-8-12-18(16(10)24(30)34-2)26(32)38-22(12)20/h9-12,15-22H,3-8H2,1-2H3. The highest BCUT2D eigenvalue weighted by molar-refractivity contribution is 8.76. The van der Waals surface area contributed by atoms with Crippen molar-refractivity contribution in [3.63, 3.8) is 0 Å². The Labute approximate surface area is 237 Å². The van der Waals surface area contributed by atoms with E-state index in [2.05, 4.69) is 0 Å². The van der Waals surface area contributed by atoms with Crippen LogP contribution in [0.15, 0.2) is 0 Å². The van der Waals surface area contributed by atoms with Gasteiger partial charge in [0, 0.05) is 35.2 Å². The molecule has 218 valence electrons. The van der Waals surface area contributed by atoms with Crippen molar-refractivity contribution < 1.29 is 57.2 Å². The summed E-state index contributed by atoms with van der Waals surface area (Å²) in [5.74, 6) is -4.91. The van der Waals surface area contributed by atoms with Crippen molar-refractivity contribution in [2.24, 2.45) is 47.3 Å². The van der Waals surface area contributed by atoms with Crippen molar-refractivity contribution in [1.82, 2.24) is 0 Å². The van der Waals surface area contributed by atoms with Gasteiger partial charge in [0.2, 0.25) is 0 Å². The molecule has 12 unspecified atom stereocenters. The van der Waals surface area contributed by atoms with Gasteiger partial charge in [0.05, 0.1) is 50.7 Å². The minimum Gasteiger partial charge on any atom is -0.469 e. The van der Waals surface area contributed by atoms with Crippen LogP contribution < -0.4 is 0 Å². The van der Waals surface area contributed by atoms with Gasteiger partial charge in [-0.25, -0.2) is 0 Å². The average molecular weight is 599 g/mol. The summed E-state index contributed by atoms with van der Waals surface area (Å²) >= 11 is 0. The Hall–Kier alpha value is -2.48. The molecule has 6 aliphatic rings. The van der Waals surface area contributed by atoms with Gasteiger partial charge in [0.25, 0.3) is 0 Å². The predicted octanol–water partition coefficient (Wildman–Crippen LogP) is 0.933.